The molecule has 1 aliphatic heterocycles. The van der Waals surface area contributed by atoms with Crippen molar-refractivity contribution in [1.82, 2.24) is 5.32 Å². The van der Waals surface area contributed by atoms with Crippen LogP contribution in [0.1, 0.15) is 31.1 Å². The molecule has 0 unspecified atom stereocenters. The lowest BCUT2D eigenvalue weighted by atomic mass is 10.0. The normalized spacial score (nSPS) is 31.0. The Morgan fingerprint density at radius 3 is 2.83 bits per heavy atom. The van der Waals surface area contributed by atoms with Gasteiger partial charge in [0.05, 0.1) is 22.1 Å². The van der Waals surface area contributed by atoms with E-state index in [9.17, 15) is 4.79 Å². The summed E-state index contributed by atoms with van der Waals surface area (Å²) in [7, 11) is 0. The summed E-state index contributed by atoms with van der Waals surface area (Å²) in [6.45, 7) is 0. The molecule has 1 aromatic carbocycles. The maximum Gasteiger partial charge on any atom is 0.227 e. The fraction of sp³-hybridized carbons (Fsp3) is 0.462. The molecule has 0 aromatic heterocycles. The molecule has 1 aliphatic carbocycles. The van der Waals surface area contributed by atoms with Gasteiger partial charge in [0.1, 0.15) is 0 Å². The highest BCUT2D eigenvalue weighted by molar-refractivity contribution is 6.42. The lowest BCUT2D eigenvalue weighted by Crippen LogP contribution is -2.46. The topological polar surface area (TPSA) is 38.3 Å². The first-order valence-electron chi connectivity index (χ1n) is 6.06. The SMILES string of the molecule is O=C1N[C@@H](c2ccc(Cl)c(Cl)c2)O[C@H]2CCC[C@@H]12. The van der Waals surface area contributed by atoms with Crippen LogP contribution in [0.3, 0.4) is 0 Å². The van der Waals surface area contributed by atoms with Crippen LogP contribution >= 0.6 is 23.2 Å². The average Bonchev–Trinajstić information content (AvgIpc) is 2.81. The van der Waals surface area contributed by atoms with Gasteiger partial charge in [-0.3, -0.25) is 4.79 Å². The van der Waals surface area contributed by atoms with Crippen molar-refractivity contribution in [2.45, 2.75) is 31.6 Å². The van der Waals surface area contributed by atoms with Gasteiger partial charge in [0.2, 0.25) is 5.91 Å². The van der Waals surface area contributed by atoms with Crippen LogP contribution < -0.4 is 5.32 Å². The molecule has 1 amide bonds. The standard InChI is InChI=1S/C13H13Cl2NO2/c14-9-5-4-7(6-10(9)15)13-16-12(17)8-2-1-3-11(8)18-13/h4-6,8,11,13H,1-3H2,(H,16,17)/t8-,11+,13-/m1/s1. The van der Waals surface area contributed by atoms with Crippen LogP contribution in [-0.2, 0) is 9.53 Å². The summed E-state index contributed by atoms with van der Waals surface area (Å²) < 4.78 is 5.93. The van der Waals surface area contributed by atoms with Gasteiger partial charge in [-0.15, -0.1) is 0 Å². The van der Waals surface area contributed by atoms with Crippen LogP contribution in [0, 0.1) is 5.92 Å². The van der Waals surface area contributed by atoms with E-state index < -0.39 is 6.23 Å². The van der Waals surface area contributed by atoms with Gasteiger partial charge in [-0.25, -0.2) is 0 Å². The number of rotatable bonds is 1. The van der Waals surface area contributed by atoms with E-state index >= 15 is 0 Å². The Hall–Kier alpha value is -0.770. The molecule has 96 valence electrons. The molecule has 3 rings (SSSR count). The summed E-state index contributed by atoms with van der Waals surface area (Å²) in [6, 6.07) is 5.29. The number of benzene rings is 1. The monoisotopic (exact) mass is 285 g/mol. The summed E-state index contributed by atoms with van der Waals surface area (Å²) in [5.41, 5.74) is 0.836. The molecule has 3 nitrogen and oxygen atoms in total. The molecule has 1 saturated heterocycles. The second-order valence-corrected chi connectivity index (χ2v) is 5.59. The molecule has 2 fully saturated rings. The van der Waals surface area contributed by atoms with Gasteiger partial charge in [-0.05, 0) is 31.4 Å². The molecular weight excluding hydrogens is 273 g/mol. The first-order chi connectivity index (χ1) is 8.65. The number of amides is 1. The molecule has 0 bridgehead atoms. The van der Waals surface area contributed by atoms with E-state index in [0.29, 0.717) is 10.0 Å². The van der Waals surface area contributed by atoms with Crippen LogP contribution in [0.25, 0.3) is 0 Å². The third kappa shape index (κ3) is 2.11. The molecule has 18 heavy (non-hydrogen) atoms. The third-order valence-electron chi connectivity index (χ3n) is 3.62. The van der Waals surface area contributed by atoms with Crippen molar-refractivity contribution in [3.8, 4) is 0 Å². The largest absolute Gasteiger partial charge is 0.350 e. The van der Waals surface area contributed by atoms with E-state index in [4.69, 9.17) is 27.9 Å². The van der Waals surface area contributed by atoms with Crippen LogP contribution in [0.4, 0.5) is 0 Å². The summed E-state index contributed by atoms with van der Waals surface area (Å²) in [5, 5.41) is 3.86. The van der Waals surface area contributed by atoms with Crippen molar-refractivity contribution >= 4 is 29.1 Å². The quantitative estimate of drug-likeness (QED) is 0.860. The summed E-state index contributed by atoms with van der Waals surface area (Å²) in [5.74, 6) is 0.101. The van der Waals surface area contributed by atoms with Crippen molar-refractivity contribution in [3.05, 3.63) is 33.8 Å². The second kappa shape index (κ2) is 4.72. The van der Waals surface area contributed by atoms with Gasteiger partial charge in [-0.1, -0.05) is 29.3 Å². The highest BCUT2D eigenvalue weighted by Crippen LogP contribution is 2.36. The first kappa shape index (κ1) is 12.3. The molecule has 1 heterocycles. The van der Waals surface area contributed by atoms with Gasteiger partial charge in [0.15, 0.2) is 6.23 Å². The van der Waals surface area contributed by atoms with Crippen molar-refractivity contribution in [1.29, 1.82) is 0 Å². The third-order valence-corrected chi connectivity index (χ3v) is 4.36. The number of hydrogen-bond acceptors (Lipinski definition) is 2. The Morgan fingerprint density at radius 2 is 2.06 bits per heavy atom. The van der Waals surface area contributed by atoms with Crippen LogP contribution in [-0.4, -0.2) is 12.0 Å². The van der Waals surface area contributed by atoms with Crippen LogP contribution in [0.5, 0.6) is 0 Å². The molecule has 2 aliphatic rings. The zero-order valence-electron chi connectivity index (χ0n) is 9.66. The number of halogens is 2. The molecule has 0 spiro atoms. The Balaban J connectivity index is 1.84. The minimum absolute atomic E-state index is 0.0176. The predicted molar refractivity (Wildman–Crippen MR) is 69.6 cm³/mol. The molecule has 1 saturated carbocycles. The predicted octanol–water partition coefficient (Wildman–Crippen LogP) is 3.31. The van der Waals surface area contributed by atoms with E-state index in [0.717, 1.165) is 24.8 Å². The number of fused-ring (bicyclic) bond motifs is 1. The minimum Gasteiger partial charge on any atom is -0.350 e. The number of hydrogen-bond donors (Lipinski definition) is 1. The van der Waals surface area contributed by atoms with E-state index in [1.54, 1.807) is 12.1 Å². The van der Waals surface area contributed by atoms with Gasteiger partial charge in [-0.2, -0.15) is 0 Å². The molecule has 0 radical (unpaired) electrons. The zero-order valence-corrected chi connectivity index (χ0v) is 11.2. The maximum atomic E-state index is 12.0. The number of carbonyl (C=O) groups excluding carboxylic acids is 1. The number of ether oxygens (including phenoxy) is 1. The Bertz CT molecular complexity index is 492. The molecular formula is C13H13Cl2NO2. The van der Waals surface area contributed by atoms with E-state index in [1.807, 2.05) is 6.07 Å². The summed E-state index contributed by atoms with van der Waals surface area (Å²) in [6.07, 6.45) is 2.56. The lowest BCUT2D eigenvalue weighted by molar-refractivity contribution is -0.150. The fourth-order valence-electron chi connectivity index (χ4n) is 2.67. The van der Waals surface area contributed by atoms with E-state index in [1.165, 1.54) is 0 Å². The fourth-order valence-corrected chi connectivity index (χ4v) is 2.98. The van der Waals surface area contributed by atoms with Gasteiger partial charge in [0, 0.05) is 5.56 Å². The average molecular weight is 286 g/mol. The lowest BCUT2D eigenvalue weighted by Gasteiger charge is -2.33. The Morgan fingerprint density at radius 1 is 1.22 bits per heavy atom. The zero-order chi connectivity index (χ0) is 12.7. The minimum atomic E-state index is -0.411. The smallest absolute Gasteiger partial charge is 0.227 e. The van der Waals surface area contributed by atoms with Gasteiger partial charge >= 0.3 is 0 Å². The molecule has 3 atom stereocenters. The van der Waals surface area contributed by atoms with Gasteiger partial charge < -0.3 is 10.1 Å². The van der Waals surface area contributed by atoms with Crippen LogP contribution in [0.2, 0.25) is 10.0 Å². The van der Waals surface area contributed by atoms with E-state index in [-0.39, 0.29) is 17.9 Å². The highest BCUT2D eigenvalue weighted by atomic mass is 35.5. The summed E-state index contributed by atoms with van der Waals surface area (Å²) >= 11 is 11.9. The van der Waals surface area contributed by atoms with Crippen molar-refractivity contribution in [2.24, 2.45) is 5.92 Å². The highest BCUT2D eigenvalue weighted by Gasteiger charge is 2.40. The molecule has 1 aromatic rings. The second-order valence-electron chi connectivity index (χ2n) is 4.77. The van der Waals surface area contributed by atoms with Crippen LogP contribution in [0.15, 0.2) is 18.2 Å². The van der Waals surface area contributed by atoms with Crippen molar-refractivity contribution in [2.75, 3.05) is 0 Å². The van der Waals surface area contributed by atoms with E-state index in [2.05, 4.69) is 5.32 Å². The number of carbonyl (C=O) groups is 1. The summed E-state index contributed by atoms with van der Waals surface area (Å²) in [4.78, 5) is 12.0. The van der Waals surface area contributed by atoms with Gasteiger partial charge in [0.25, 0.3) is 0 Å². The molecule has 5 heteroatoms. The molecule has 1 N–H and O–H groups in total. The maximum absolute atomic E-state index is 12.0. The van der Waals surface area contributed by atoms with Crippen molar-refractivity contribution in [3.63, 3.8) is 0 Å². The number of nitrogens with one attached hydrogen (secondary N) is 1. The van der Waals surface area contributed by atoms with Crippen molar-refractivity contribution < 1.29 is 9.53 Å². The Labute approximate surface area is 115 Å². The Kier molecular flexibility index (Phi) is 3.22. The first-order valence-corrected chi connectivity index (χ1v) is 6.81.